The minimum atomic E-state index is -1.41. The molecule has 0 aromatic heterocycles. The number of aliphatic carboxylic acids is 1. The second-order valence-electron chi connectivity index (χ2n) is 3.07. The molecule has 0 aliphatic carbocycles. The third kappa shape index (κ3) is 2.99. The van der Waals surface area contributed by atoms with Crippen molar-refractivity contribution in [1.82, 2.24) is 9.80 Å². The van der Waals surface area contributed by atoms with E-state index in [0.29, 0.717) is 0 Å². The normalized spacial score (nSPS) is 12.6. The van der Waals surface area contributed by atoms with Crippen molar-refractivity contribution in [2.45, 2.75) is 26.9 Å². The van der Waals surface area contributed by atoms with Crippen molar-refractivity contribution >= 4 is 11.9 Å². The van der Waals surface area contributed by atoms with Gasteiger partial charge in [0.15, 0.2) is 0 Å². The van der Waals surface area contributed by atoms with Gasteiger partial charge in [0.05, 0.1) is 6.17 Å². The monoisotopic (exact) mass is 202 g/mol. The molecule has 0 bridgehead atoms. The van der Waals surface area contributed by atoms with Gasteiger partial charge in [0.2, 0.25) is 0 Å². The van der Waals surface area contributed by atoms with Crippen molar-refractivity contribution in [2.75, 3.05) is 20.1 Å². The zero-order chi connectivity index (χ0) is 11.3. The van der Waals surface area contributed by atoms with Crippen LogP contribution in [0.15, 0.2) is 0 Å². The van der Waals surface area contributed by atoms with Crippen LogP contribution in [0.3, 0.4) is 0 Å². The van der Waals surface area contributed by atoms with E-state index in [1.54, 1.807) is 0 Å². The molecule has 0 aliphatic rings. The highest BCUT2D eigenvalue weighted by Gasteiger charge is 2.24. The second-order valence-corrected chi connectivity index (χ2v) is 3.07. The molecular formula is C9H18N2O3. The van der Waals surface area contributed by atoms with Crippen molar-refractivity contribution in [2.24, 2.45) is 0 Å². The Hall–Kier alpha value is -1.10. The Morgan fingerprint density at radius 2 is 1.71 bits per heavy atom. The zero-order valence-corrected chi connectivity index (χ0v) is 9.15. The second kappa shape index (κ2) is 5.59. The molecule has 14 heavy (non-hydrogen) atoms. The minimum Gasteiger partial charge on any atom is -0.474 e. The molecule has 0 fully saturated rings. The summed E-state index contributed by atoms with van der Waals surface area (Å²) in [6, 6.07) is 0. The Kier molecular flexibility index (Phi) is 5.15. The molecular weight excluding hydrogens is 184 g/mol. The average molecular weight is 202 g/mol. The highest BCUT2D eigenvalue weighted by atomic mass is 16.4. The van der Waals surface area contributed by atoms with Gasteiger partial charge in [0, 0.05) is 7.05 Å². The van der Waals surface area contributed by atoms with E-state index >= 15 is 0 Å². The predicted octanol–water partition coefficient (Wildman–Crippen LogP) is 0.217. The first kappa shape index (κ1) is 12.9. The number of hydrogen-bond acceptors (Lipinski definition) is 3. The zero-order valence-electron chi connectivity index (χ0n) is 9.15. The van der Waals surface area contributed by atoms with Crippen LogP contribution < -0.4 is 0 Å². The van der Waals surface area contributed by atoms with Crippen LogP contribution in [-0.4, -0.2) is 53.1 Å². The summed E-state index contributed by atoms with van der Waals surface area (Å²) in [4.78, 5) is 24.8. The van der Waals surface area contributed by atoms with E-state index in [4.69, 9.17) is 5.11 Å². The summed E-state index contributed by atoms with van der Waals surface area (Å²) in [7, 11) is 1.50. The highest BCUT2D eigenvalue weighted by Crippen LogP contribution is 2.03. The Labute approximate surface area is 84.3 Å². The van der Waals surface area contributed by atoms with Crippen LogP contribution in [0, 0.1) is 0 Å². The molecule has 5 heteroatoms. The van der Waals surface area contributed by atoms with E-state index in [-0.39, 0.29) is 6.17 Å². The van der Waals surface area contributed by atoms with Gasteiger partial charge in [-0.1, -0.05) is 13.8 Å². The molecule has 0 spiro atoms. The molecule has 1 N–H and O–H groups in total. The molecule has 0 aromatic rings. The fourth-order valence-corrected chi connectivity index (χ4v) is 1.32. The predicted molar refractivity (Wildman–Crippen MR) is 52.8 cm³/mol. The van der Waals surface area contributed by atoms with Crippen molar-refractivity contribution in [3.8, 4) is 0 Å². The molecule has 0 aliphatic heterocycles. The summed E-state index contributed by atoms with van der Waals surface area (Å²) < 4.78 is 0. The van der Waals surface area contributed by atoms with Crippen molar-refractivity contribution in [3.63, 3.8) is 0 Å². The number of amides is 1. The molecule has 1 amide bonds. The first-order valence-electron chi connectivity index (χ1n) is 4.69. The summed E-state index contributed by atoms with van der Waals surface area (Å²) in [6.45, 7) is 7.33. The van der Waals surface area contributed by atoms with Gasteiger partial charge in [-0.05, 0) is 20.0 Å². The number of carbonyl (C=O) groups excluding carboxylic acids is 1. The van der Waals surface area contributed by atoms with Crippen molar-refractivity contribution < 1.29 is 14.7 Å². The Morgan fingerprint density at radius 1 is 1.29 bits per heavy atom. The number of hydrogen-bond donors (Lipinski definition) is 1. The van der Waals surface area contributed by atoms with Gasteiger partial charge in [-0.25, -0.2) is 4.79 Å². The van der Waals surface area contributed by atoms with Crippen LogP contribution in [-0.2, 0) is 9.59 Å². The van der Waals surface area contributed by atoms with Crippen LogP contribution in [0.1, 0.15) is 20.8 Å². The first-order valence-corrected chi connectivity index (χ1v) is 4.69. The topological polar surface area (TPSA) is 60.9 Å². The molecule has 0 rings (SSSR count). The summed E-state index contributed by atoms with van der Waals surface area (Å²) >= 11 is 0. The maximum atomic E-state index is 11.1. The average Bonchev–Trinajstić information content (AvgIpc) is 2.17. The summed E-state index contributed by atoms with van der Waals surface area (Å²) in [5, 5.41) is 8.52. The molecule has 0 radical (unpaired) electrons. The standard InChI is InChI=1S/C9H18N2O3/c1-5-11(6-2)7(3)10(4)8(12)9(13)14/h7H,5-6H2,1-4H3,(H,13,14). The summed E-state index contributed by atoms with van der Waals surface area (Å²) in [6.07, 6.45) is -0.186. The quantitative estimate of drug-likeness (QED) is 0.523. The van der Waals surface area contributed by atoms with Crippen molar-refractivity contribution in [3.05, 3.63) is 0 Å². The molecule has 0 saturated carbocycles. The molecule has 5 nitrogen and oxygen atoms in total. The lowest BCUT2D eigenvalue weighted by Crippen LogP contribution is -2.49. The molecule has 0 aromatic carbocycles. The van der Waals surface area contributed by atoms with E-state index in [1.807, 2.05) is 25.7 Å². The maximum Gasteiger partial charge on any atom is 0.394 e. The minimum absolute atomic E-state index is 0.186. The first-order chi connectivity index (χ1) is 6.45. The lowest BCUT2D eigenvalue weighted by molar-refractivity contribution is -0.158. The largest absolute Gasteiger partial charge is 0.474 e. The fraction of sp³-hybridized carbons (Fsp3) is 0.778. The van der Waals surface area contributed by atoms with E-state index in [1.165, 1.54) is 11.9 Å². The van der Waals surface area contributed by atoms with Crippen LogP contribution in [0.2, 0.25) is 0 Å². The molecule has 82 valence electrons. The van der Waals surface area contributed by atoms with Gasteiger partial charge in [-0.15, -0.1) is 0 Å². The smallest absolute Gasteiger partial charge is 0.394 e. The van der Waals surface area contributed by atoms with E-state index < -0.39 is 11.9 Å². The van der Waals surface area contributed by atoms with Gasteiger partial charge < -0.3 is 10.0 Å². The number of rotatable bonds is 4. The number of carboxylic acids is 1. The van der Waals surface area contributed by atoms with Crippen LogP contribution in [0.25, 0.3) is 0 Å². The summed E-state index contributed by atoms with van der Waals surface area (Å²) in [5.74, 6) is -2.28. The highest BCUT2D eigenvalue weighted by molar-refractivity contribution is 6.31. The molecule has 1 atom stereocenters. The van der Waals surface area contributed by atoms with Gasteiger partial charge >= 0.3 is 11.9 Å². The molecule has 1 unspecified atom stereocenters. The van der Waals surface area contributed by atoms with Gasteiger partial charge in [-0.2, -0.15) is 0 Å². The number of carbonyl (C=O) groups is 2. The van der Waals surface area contributed by atoms with E-state index in [9.17, 15) is 9.59 Å². The maximum absolute atomic E-state index is 11.1. The number of nitrogens with zero attached hydrogens (tertiary/aromatic N) is 2. The fourth-order valence-electron chi connectivity index (χ4n) is 1.32. The summed E-state index contributed by atoms with van der Waals surface area (Å²) in [5.41, 5.74) is 0. The third-order valence-electron chi connectivity index (χ3n) is 2.40. The number of likely N-dealkylation sites (N-methyl/N-ethyl adjacent to an activating group) is 1. The van der Waals surface area contributed by atoms with Gasteiger partial charge in [0.1, 0.15) is 0 Å². The lowest BCUT2D eigenvalue weighted by Gasteiger charge is -2.32. The SMILES string of the molecule is CCN(CC)C(C)N(C)C(=O)C(=O)O. The van der Waals surface area contributed by atoms with Gasteiger partial charge in [0.25, 0.3) is 0 Å². The Bertz CT molecular complexity index is 214. The van der Waals surface area contributed by atoms with E-state index in [2.05, 4.69) is 0 Å². The Balaban J connectivity index is 4.43. The number of carboxylic acid groups (broad SMARTS) is 1. The van der Waals surface area contributed by atoms with E-state index in [0.717, 1.165) is 13.1 Å². The molecule has 0 saturated heterocycles. The van der Waals surface area contributed by atoms with Gasteiger partial charge in [-0.3, -0.25) is 9.69 Å². The van der Waals surface area contributed by atoms with Crippen molar-refractivity contribution in [1.29, 1.82) is 0 Å². The third-order valence-corrected chi connectivity index (χ3v) is 2.40. The van der Waals surface area contributed by atoms with Crippen LogP contribution >= 0.6 is 0 Å². The Morgan fingerprint density at radius 3 is 2.00 bits per heavy atom. The van der Waals surface area contributed by atoms with Crippen LogP contribution in [0.5, 0.6) is 0 Å². The lowest BCUT2D eigenvalue weighted by atomic mass is 10.3. The molecule has 0 heterocycles. The van der Waals surface area contributed by atoms with Crippen LogP contribution in [0.4, 0.5) is 0 Å².